The number of imidazole rings is 1. The van der Waals surface area contributed by atoms with Crippen LogP contribution in [-0.4, -0.2) is 22.3 Å². The Morgan fingerprint density at radius 2 is 2.25 bits per heavy atom. The van der Waals surface area contributed by atoms with Crippen LogP contribution >= 0.6 is 0 Å². The summed E-state index contributed by atoms with van der Waals surface area (Å²) >= 11 is 0. The number of nitrogens with zero attached hydrogens (tertiary/aromatic N) is 2. The summed E-state index contributed by atoms with van der Waals surface area (Å²) in [5, 5.41) is 0. The zero-order chi connectivity index (χ0) is 11.4. The van der Waals surface area contributed by atoms with Crippen LogP contribution in [0.15, 0.2) is 12.5 Å². The van der Waals surface area contributed by atoms with Gasteiger partial charge in [-0.15, -0.1) is 0 Å². The predicted octanol–water partition coefficient (Wildman–Crippen LogP) is 2.97. The maximum atomic E-state index is 5.53. The van der Waals surface area contributed by atoms with Crippen LogP contribution in [0, 0.1) is 0 Å². The van der Waals surface area contributed by atoms with E-state index in [0.29, 0.717) is 6.10 Å². The fourth-order valence-electron chi connectivity index (χ4n) is 1.94. The number of aromatic nitrogens is 2. The zero-order valence-electron chi connectivity index (χ0n) is 10.4. The van der Waals surface area contributed by atoms with E-state index in [1.165, 1.54) is 25.0 Å². The molecule has 1 fully saturated rings. The quantitative estimate of drug-likeness (QED) is 0.663. The molecular weight excluding hydrogens is 200 g/mol. The van der Waals surface area contributed by atoms with Crippen LogP contribution in [0.1, 0.15) is 51.1 Å². The molecule has 3 heteroatoms. The molecule has 1 aromatic heterocycles. The van der Waals surface area contributed by atoms with Gasteiger partial charge < -0.3 is 9.30 Å². The molecule has 0 spiro atoms. The Bertz CT molecular complexity index is 315. The molecule has 0 atom stereocenters. The molecule has 0 aliphatic heterocycles. The Balaban J connectivity index is 1.67. The van der Waals surface area contributed by atoms with Gasteiger partial charge in [-0.1, -0.05) is 0 Å². The standard InChI is InChI=1S/C13H22N2O/c1-11(2)16-8-4-3-7-15-10-14-9-13(15)12-5-6-12/h9-12H,3-8H2,1-2H3. The van der Waals surface area contributed by atoms with Crippen molar-refractivity contribution in [2.45, 2.75) is 58.1 Å². The molecule has 0 bridgehead atoms. The van der Waals surface area contributed by atoms with E-state index in [-0.39, 0.29) is 0 Å². The van der Waals surface area contributed by atoms with Crippen molar-refractivity contribution in [2.24, 2.45) is 0 Å². The van der Waals surface area contributed by atoms with Gasteiger partial charge in [-0.05, 0) is 39.5 Å². The van der Waals surface area contributed by atoms with Crippen LogP contribution in [0.2, 0.25) is 0 Å². The minimum atomic E-state index is 0.357. The molecule has 1 aliphatic rings. The lowest BCUT2D eigenvalue weighted by Crippen LogP contribution is -2.06. The van der Waals surface area contributed by atoms with Crippen LogP contribution in [0.5, 0.6) is 0 Å². The first-order chi connectivity index (χ1) is 7.77. The molecule has 1 aliphatic carbocycles. The minimum absolute atomic E-state index is 0.357. The normalized spacial score (nSPS) is 15.9. The molecule has 0 N–H and O–H groups in total. The van der Waals surface area contributed by atoms with Crippen LogP contribution in [0.3, 0.4) is 0 Å². The van der Waals surface area contributed by atoms with E-state index in [0.717, 1.165) is 25.5 Å². The summed E-state index contributed by atoms with van der Waals surface area (Å²) in [6.07, 6.45) is 9.38. The maximum absolute atomic E-state index is 5.53. The Labute approximate surface area is 97.8 Å². The summed E-state index contributed by atoms with van der Waals surface area (Å²) in [6, 6.07) is 0. The van der Waals surface area contributed by atoms with Crippen molar-refractivity contribution in [1.29, 1.82) is 0 Å². The van der Waals surface area contributed by atoms with E-state index in [9.17, 15) is 0 Å². The summed E-state index contributed by atoms with van der Waals surface area (Å²) in [7, 11) is 0. The second-order valence-corrected chi connectivity index (χ2v) is 4.91. The molecule has 0 unspecified atom stereocenters. The van der Waals surface area contributed by atoms with Gasteiger partial charge in [0.05, 0.1) is 12.4 Å². The third-order valence-corrected chi connectivity index (χ3v) is 2.98. The van der Waals surface area contributed by atoms with Crippen molar-refractivity contribution in [3.8, 4) is 0 Å². The van der Waals surface area contributed by atoms with Gasteiger partial charge in [-0.2, -0.15) is 0 Å². The second-order valence-electron chi connectivity index (χ2n) is 4.91. The second kappa shape index (κ2) is 5.48. The van der Waals surface area contributed by atoms with Crippen LogP contribution in [-0.2, 0) is 11.3 Å². The lowest BCUT2D eigenvalue weighted by molar-refractivity contribution is 0.0754. The van der Waals surface area contributed by atoms with E-state index in [4.69, 9.17) is 4.74 Å². The molecule has 0 aromatic carbocycles. The molecule has 0 radical (unpaired) electrons. The highest BCUT2D eigenvalue weighted by molar-refractivity contribution is 5.12. The van der Waals surface area contributed by atoms with Crippen molar-refractivity contribution < 1.29 is 4.74 Å². The van der Waals surface area contributed by atoms with Gasteiger partial charge in [0.15, 0.2) is 0 Å². The van der Waals surface area contributed by atoms with E-state index >= 15 is 0 Å². The third kappa shape index (κ3) is 3.34. The highest BCUT2D eigenvalue weighted by Gasteiger charge is 2.26. The number of rotatable bonds is 7. The summed E-state index contributed by atoms with van der Waals surface area (Å²) < 4.78 is 7.84. The fourth-order valence-corrected chi connectivity index (χ4v) is 1.94. The van der Waals surface area contributed by atoms with Gasteiger partial charge >= 0.3 is 0 Å². The van der Waals surface area contributed by atoms with Crippen LogP contribution in [0.4, 0.5) is 0 Å². The minimum Gasteiger partial charge on any atom is -0.379 e. The van der Waals surface area contributed by atoms with Gasteiger partial charge in [-0.25, -0.2) is 4.98 Å². The molecule has 16 heavy (non-hydrogen) atoms. The number of aryl methyl sites for hydroxylation is 1. The topological polar surface area (TPSA) is 27.1 Å². The molecule has 90 valence electrons. The summed E-state index contributed by atoms with van der Waals surface area (Å²) in [5.41, 5.74) is 1.43. The Hall–Kier alpha value is -0.830. The first kappa shape index (κ1) is 11.6. The molecule has 0 saturated heterocycles. The Morgan fingerprint density at radius 3 is 2.94 bits per heavy atom. The smallest absolute Gasteiger partial charge is 0.0948 e. The fraction of sp³-hybridized carbons (Fsp3) is 0.769. The highest BCUT2D eigenvalue weighted by atomic mass is 16.5. The average molecular weight is 222 g/mol. The van der Waals surface area contributed by atoms with E-state index in [1.807, 2.05) is 12.5 Å². The van der Waals surface area contributed by atoms with Crippen LogP contribution < -0.4 is 0 Å². The predicted molar refractivity (Wildman–Crippen MR) is 64.5 cm³/mol. The van der Waals surface area contributed by atoms with Gasteiger partial charge in [0.1, 0.15) is 0 Å². The summed E-state index contributed by atoms with van der Waals surface area (Å²) in [5.74, 6) is 0.800. The monoisotopic (exact) mass is 222 g/mol. The molecular formula is C13H22N2O. The summed E-state index contributed by atoms with van der Waals surface area (Å²) in [4.78, 5) is 4.24. The molecule has 1 aromatic rings. The number of hydrogen-bond acceptors (Lipinski definition) is 2. The van der Waals surface area contributed by atoms with Crippen molar-refractivity contribution >= 4 is 0 Å². The van der Waals surface area contributed by atoms with E-state index in [1.54, 1.807) is 0 Å². The SMILES string of the molecule is CC(C)OCCCCn1cncc1C1CC1. The summed E-state index contributed by atoms with van der Waals surface area (Å²) in [6.45, 7) is 6.14. The van der Waals surface area contributed by atoms with Crippen molar-refractivity contribution in [3.63, 3.8) is 0 Å². The molecule has 2 rings (SSSR count). The lowest BCUT2D eigenvalue weighted by atomic mass is 10.3. The van der Waals surface area contributed by atoms with Crippen LogP contribution in [0.25, 0.3) is 0 Å². The first-order valence-corrected chi connectivity index (χ1v) is 6.39. The van der Waals surface area contributed by atoms with Crippen molar-refractivity contribution in [1.82, 2.24) is 9.55 Å². The Kier molecular flexibility index (Phi) is 3.99. The zero-order valence-corrected chi connectivity index (χ0v) is 10.4. The number of ether oxygens (including phenoxy) is 1. The average Bonchev–Trinajstić information content (AvgIpc) is 2.98. The molecule has 3 nitrogen and oxygen atoms in total. The highest BCUT2D eigenvalue weighted by Crippen LogP contribution is 2.39. The number of hydrogen-bond donors (Lipinski definition) is 0. The van der Waals surface area contributed by atoms with Crippen molar-refractivity contribution in [2.75, 3.05) is 6.61 Å². The van der Waals surface area contributed by atoms with E-state index in [2.05, 4.69) is 23.4 Å². The van der Waals surface area contributed by atoms with Gasteiger partial charge in [0, 0.05) is 31.0 Å². The largest absolute Gasteiger partial charge is 0.379 e. The molecule has 1 saturated carbocycles. The maximum Gasteiger partial charge on any atom is 0.0948 e. The first-order valence-electron chi connectivity index (χ1n) is 6.39. The molecule has 1 heterocycles. The molecule has 0 amide bonds. The van der Waals surface area contributed by atoms with Gasteiger partial charge in [0.25, 0.3) is 0 Å². The van der Waals surface area contributed by atoms with E-state index < -0.39 is 0 Å². The van der Waals surface area contributed by atoms with Crippen molar-refractivity contribution in [3.05, 3.63) is 18.2 Å². The van der Waals surface area contributed by atoms with Gasteiger partial charge in [-0.3, -0.25) is 0 Å². The Morgan fingerprint density at radius 1 is 1.44 bits per heavy atom. The lowest BCUT2D eigenvalue weighted by Gasteiger charge is -2.09. The van der Waals surface area contributed by atoms with Gasteiger partial charge in [0.2, 0.25) is 0 Å². The number of unbranched alkanes of at least 4 members (excludes halogenated alkanes) is 1. The third-order valence-electron chi connectivity index (χ3n) is 2.98.